The number of carbonyl (C=O) groups is 1. The van der Waals surface area contributed by atoms with Crippen LogP contribution in [-0.2, 0) is 11.3 Å². The van der Waals surface area contributed by atoms with Crippen molar-refractivity contribution < 1.29 is 4.79 Å². The Labute approximate surface area is 164 Å². The first-order valence-corrected chi connectivity index (χ1v) is 10.5. The van der Waals surface area contributed by atoms with E-state index in [2.05, 4.69) is 41.2 Å². The number of nitrogens with one attached hydrogen (secondary N) is 2. The minimum Gasteiger partial charge on any atom is -0.359 e. The van der Waals surface area contributed by atoms with E-state index in [0.717, 1.165) is 22.8 Å². The Bertz CT molecular complexity index is 899. The number of aromatic nitrogens is 1. The van der Waals surface area contributed by atoms with Gasteiger partial charge in [0.2, 0.25) is 0 Å². The monoisotopic (exact) mass is 382 g/mol. The second-order valence-corrected chi connectivity index (χ2v) is 8.58. The number of hydrogen-bond acceptors (Lipinski definition) is 4. The van der Waals surface area contributed by atoms with Crippen molar-refractivity contribution in [3.63, 3.8) is 0 Å². The van der Waals surface area contributed by atoms with Gasteiger partial charge in [-0.15, -0.1) is 11.3 Å². The van der Waals surface area contributed by atoms with Gasteiger partial charge in [-0.3, -0.25) is 9.69 Å². The summed E-state index contributed by atoms with van der Waals surface area (Å²) in [5.41, 5.74) is 8.92. The fraction of sp³-hybridized carbons (Fsp3) is 0.429. The highest BCUT2D eigenvalue weighted by Gasteiger charge is 2.27. The van der Waals surface area contributed by atoms with Gasteiger partial charge in [0, 0.05) is 17.9 Å². The van der Waals surface area contributed by atoms with Crippen molar-refractivity contribution in [2.24, 2.45) is 5.10 Å². The Morgan fingerprint density at radius 2 is 2.11 bits per heavy atom. The SMILES string of the molecule is Cc1[nH]c(C=C2C(=O)NN=C2c2cccs2)c(C(C)C)c1CN1CCCC1. The first-order chi connectivity index (χ1) is 13.0. The van der Waals surface area contributed by atoms with Crippen molar-refractivity contribution >= 4 is 29.0 Å². The van der Waals surface area contributed by atoms with Crippen LogP contribution in [0.2, 0.25) is 0 Å². The smallest absolute Gasteiger partial charge is 0.273 e. The first kappa shape index (κ1) is 18.2. The van der Waals surface area contributed by atoms with Gasteiger partial charge in [0.1, 0.15) is 5.71 Å². The van der Waals surface area contributed by atoms with Crippen LogP contribution in [0.5, 0.6) is 0 Å². The molecule has 0 aliphatic carbocycles. The van der Waals surface area contributed by atoms with Crippen LogP contribution in [0.15, 0.2) is 28.2 Å². The van der Waals surface area contributed by atoms with Gasteiger partial charge in [-0.25, -0.2) is 5.43 Å². The van der Waals surface area contributed by atoms with Gasteiger partial charge < -0.3 is 4.98 Å². The molecule has 0 radical (unpaired) electrons. The van der Waals surface area contributed by atoms with E-state index in [0.29, 0.717) is 11.5 Å². The third-order valence-corrected chi connectivity index (χ3v) is 6.24. The largest absolute Gasteiger partial charge is 0.359 e. The van der Waals surface area contributed by atoms with E-state index in [9.17, 15) is 4.79 Å². The molecule has 4 heterocycles. The molecule has 2 aromatic rings. The van der Waals surface area contributed by atoms with E-state index in [1.807, 2.05) is 23.6 Å². The molecule has 1 amide bonds. The number of amides is 1. The van der Waals surface area contributed by atoms with E-state index in [-0.39, 0.29) is 5.91 Å². The van der Waals surface area contributed by atoms with Gasteiger partial charge in [0.25, 0.3) is 5.91 Å². The molecule has 0 aromatic carbocycles. The number of likely N-dealkylation sites (tertiary alicyclic amines) is 1. The van der Waals surface area contributed by atoms with Crippen LogP contribution in [0.25, 0.3) is 6.08 Å². The number of rotatable bonds is 5. The van der Waals surface area contributed by atoms with E-state index >= 15 is 0 Å². The molecule has 0 bridgehead atoms. The lowest BCUT2D eigenvalue weighted by molar-refractivity contribution is -0.116. The first-order valence-electron chi connectivity index (χ1n) is 9.62. The van der Waals surface area contributed by atoms with E-state index < -0.39 is 0 Å². The van der Waals surface area contributed by atoms with E-state index in [4.69, 9.17) is 0 Å². The summed E-state index contributed by atoms with van der Waals surface area (Å²) in [6, 6.07) is 3.98. The predicted octanol–water partition coefficient (Wildman–Crippen LogP) is 4.02. The molecule has 2 aromatic heterocycles. The zero-order chi connectivity index (χ0) is 19.0. The summed E-state index contributed by atoms with van der Waals surface area (Å²) in [5, 5.41) is 6.27. The molecule has 2 N–H and O–H groups in total. The van der Waals surface area contributed by atoms with Crippen molar-refractivity contribution in [3.8, 4) is 0 Å². The topological polar surface area (TPSA) is 60.5 Å². The van der Waals surface area contributed by atoms with Gasteiger partial charge in [-0.1, -0.05) is 19.9 Å². The summed E-state index contributed by atoms with van der Waals surface area (Å²) >= 11 is 1.60. The number of aryl methyl sites for hydroxylation is 1. The molecule has 2 aliphatic rings. The maximum atomic E-state index is 12.4. The molecule has 4 rings (SSSR count). The quantitative estimate of drug-likeness (QED) is 0.767. The average Bonchev–Trinajstić information content (AvgIpc) is 3.39. The molecular formula is C21H26N4OS. The second-order valence-electron chi connectivity index (χ2n) is 7.63. The third-order valence-electron chi connectivity index (χ3n) is 5.36. The van der Waals surface area contributed by atoms with Crippen LogP contribution in [0.4, 0.5) is 0 Å². The maximum Gasteiger partial charge on any atom is 0.273 e. The predicted molar refractivity (Wildman–Crippen MR) is 111 cm³/mol. The molecule has 5 nitrogen and oxygen atoms in total. The van der Waals surface area contributed by atoms with Gasteiger partial charge in [0.15, 0.2) is 0 Å². The molecule has 1 saturated heterocycles. The average molecular weight is 383 g/mol. The fourth-order valence-electron chi connectivity index (χ4n) is 4.06. The molecule has 0 spiro atoms. The molecular weight excluding hydrogens is 356 g/mol. The minimum absolute atomic E-state index is 0.138. The molecule has 1 fully saturated rings. The van der Waals surface area contributed by atoms with Crippen LogP contribution in [-0.4, -0.2) is 34.6 Å². The second kappa shape index (κ2) is 7.44. The molecule has 6 heteroatoms. The number of hydrazone groups is 1. The van der Waals surface area contributed by atoms with Crippen LogP contribution in [0.3, 0.4) is 0 Å². The number of carbonyl (C=O) groups excluding carboxylic acids is 1. The number of hydrogen-bond donors (Lipinski definition) is 2. The standard InChI is InChI=1S/C21H26N4OS/c1-13(2)19-16(12-25-8-4-5-9-25)14(3)22-17(19)11-15-20(23-24-21(15)26)18-7-6-10-27-18/h6-7,10-11,13,22H,4-5,8-9,12H2,1-3H3,(H,24,26). The normalized spacial score (nSPS) is 19.3. The van der Waals surface area contributed by atoms with E-state index in [1.165, 1.54) is 42.8 Å². The zero-order valence-electron chi connectivity index (χ0n) is 16.1. The summed E-state index contributed by atoms with van der Waals surface area (Å²) in [7, 11) is 0. The van der Waals surface area contributed by atoms with Gasteiger partial charge in [-0.05, 0) is 67.4 Å². The molecule has 2 aliphatic heterocycles. The maximum absolute atomic E-state index is 12.4. The van der Waals surface area contributed by atoms with Gasteiger partial charge in [0.05, 0.1) is 10.5 Å². The zero-order valence-corrected chi connectivity index (χ0v) is 16.9. The lowest BCUT2D eigenvalue weighted by Gasteiger charge is -2.17. The van der Waals surface area contributed by atoms with Gasteiger partial charge in [-0.2, -0.15) is 5.10 Å². The van der Waals surface area contributed by atoms with Crippen molar-refractivity contribution in [2.45, 2.75) is 46.1 Å². The molecule has 0 saturated carbocycles. The molecule has 0 unspecified atom stereocenters. The summed E-state index contributed by atoms with van der Waals surface area (Å²) in [6.07, 6.45) is 4.56. The summed E-state index contributed by atoms with van der Waals surface area (Å²) in [6.45, 7) is 9.92. The number of nitrogens with zero attached hydrogens (tertiary/aromatic N) is 2. The Hall–Kier alpha value is -2.18. The molecule has 27 heavy (non-hydrogen) atoms. The Morgan fingerprint density at radius 1 is 1.33 bits per heavy atom. The third kappa shape index (κ3) is 3.51. The Morgan fingerprint density at radius 3 is 2.78 bits per heavy atom. The summed E-state index contributed by atoms with van der Waals surface area (Å²) in [5.74, 6) is 0.243. The van der Waals surface area contributed by atoms with E-state index in [1.54, 1.807) is 11.3 Å². The summed E-state index contributed by atoms with van der Waals surface area (Å²) in [4.78, 5) is 19.5. The fourth-order valence-corrected chi connectivity index (χ4v) is 4.79. The van der Waals surface area contributed by atoms with Gasteiger partial charge >= 0.3 is 0 Å². The Kier molecular flexibility index (Phi) is 5.02. The number of thiophene rings is 1. The molecule has 142 valence electrons. The van der Waals surface area contributed by atoms with Crippen LogP contribution < -0.4 is 5.43 Å². The van der Waals surface area contributed by atoms with Crippen molar-refractivity contribution in [2.75, 3.05) is 13.1 Å². The lowest BCUT2D eigenvalue weighted by Crippen LogP contribution is -2.19. The lowest BCUT2D eigenvalue weighted by atomic mass is 9.95. The Balaban J connectivity index is 1.73. The van der Waals surface area contributed by atoms with Crippen molar-refractivity contribution in [3.05, 3.63) is 50.5 Å². The van der Waals surface area contributed by atoms with Crippen LogP contribution in [0, 0.1) is 6.92 Å². The number of aromatic amines is 1. The van der Waals surface area contributed by atoms with Crippen molar-refractivity contribution in [1.82, 2.24) is 15.3 Å². The minimum atomic E-state index is -0.138. The number of H-pyrrole nitrogens is 1. The molecule has 0 atom stereocenters. The van der Waals surface area contributed by atoms with Crippen LogP contribution in [0.1, 0.15) is 60.0 Å². The van der Waals surface area contributed by atoms with Crippen LogP contribution >= 0.6 is 11.3 Å². The summed E-state index contributed by atoms with van der Waals surface area (Å²) < 4.78 is 0. The highest BCUT2D eigenvalue weighted by atomic mass is 32.1. The highest BCUT2D eigenvalue weighted by molar-refractivity contribution is 7.12. The highest BCUT2D eigenvalue weighted by Crippen LogP contribution is 2.31. The van der Waals surface area contributed by atoms with Crippen molar-refractivity contribution in [1.29, 1.82) is 0 Å².